The van der Waals surface area contributed by atoms with Crippen molar-refractivity contribution in [1.82, 2.24) is 4.90 Å². The van der Waals surface area contributed by atoms with Crippen LogP contribution in [0.2, 0.25) is 0 Å². The van der Waals surface area contributed by atoms with E-state index in [2.05, 4.69) is 0 Å². The molecule has 1 aliphatic heterocycles. The number of rotatable bonds is 8. The van der Waals surface area contributed by atoms with Crippen molar-refractivity contribution in [2.45, 2.75) is 79.2 Å². The van der Waals surface area contributed by atoms with Gasteiger partial charge in [0.15, 0.2) is 5.60 Å². The Morgan fingerprint density at radius 1 is 0.978 bits per heavy atom. The molecule has 13 heteroatoms. The van der Waals surface area contributed by atoms with E-state index in [4.69, 9.17) is 28.4 Å². The van der Waals surface area contributed by atoms with Gasteiger partial charge in [0.2, 0.25) is 0 Å². The van der Waals surface area contributed by atoms with E-state index in [1.54, 1.807) is 37.4 Å². The Morgan fingerprint density at radius 2 is 1.67 bits per heavy atom. The van der Waals surface area contributed by atoms with E-state index in [-0.39, 0.29) is 18.6 Å². The molecule has 5 aliphatic carbocycles. The monoisotopic (exact) mass is 647 g/mol. The van der Waals surface area contributed by atoms with E-state index >= 15 is 0 Å². The number of carbonyl (C=O) groups excluding carboxylic acids is 2. The first-order valence-corrected chi connectivity index (χ1v) is 15.9. The van der Waals surface area contributed by atoms with Gasteiger partial charge in [0, 0.05) is 83.5 Å². The molecular formula is C33H45NO12. The zero-order chi connectivity index (χ0) is 33.2. The van der Waals surface area contributed by atoms with E-state index in [9.17, 15) is 30.0 Å². The fourth-order valence-electron chi connectivity index (χ4n) is 12.2. The number of piperidine rings is 1. The van der Waals surface area contributed by atoms with E-state index in [1.165, 1.54) is 28.3 Å². The van der Waals surface area contributed by atoms with Crippen LogP contribution in [-0.2, 0) is 33.2 Å². The zero-order valence-electron chi connectivity index (χ0n) is 27.0. The van der Waals surface area contributed by atoms with Crippen molar-refractivity contribution in [2.75, 3.05) is 48.6 Å². The molecule has 46 heavy (non-hydrogen) atoms. The molecule has 6 aliphatic rings. The second-order valence-electron chi connectivity index (χ2n) is 14.4. The van der Waals surface area contributed by atoms with Crippen LogP contribution >= 0.6 is 0 Å². The third-order valence-corrected chi connectivity index (χ3v) is 12.9. The molecule has 0 aromatic heterocycles. The van der Waals surface area contributed by atoms with Crippen molar-refractivity contribution in [2.24, 2.45) is 28.6 Å². The van der Waals surface area contributed by atoms with Crippen molar-refractivity contribution in [1.29, 1.82) is 0 Å². The smallest absolute Gasteiger partial charge is 0.338 e. The number of aliphatic hydroxyl groups is 4. The first-order chi connectivity index (χ1) is 21.8. The summed E-state index contributed by atoms with van der Waals surface area (Å²) in [5, 5.41) is 50.8. The van der Waals surface area contributed by atoms with Gasteiger partial charge in [-0.15, -0.1) is 0 Å². The first kappa shape index (κ1) is 32.4. The van der Waals surface area contributed by atoms with Crippen LogP contribution in [0.1, 0.15) is 30.1 Å². The Balaban J connectivity index is 1.56. The number of fused-ring (bicyclic) bond motifs is 2. The van der Waals surface area contributed by atoms with Crippen LogP contribution < -0.4 is 0 Å². The fraction of sp³-hybridized carbons (Fsp3) is 0.758. The van der Waals surface area contributed by atoms with Gasteiger partial charge in [-0.1, -0.05) is 18.2 Å². The molecule has 0 radical (unpaired) electrons. The number of esters is 2. The van der Waals surface area contributed by atoms with Crippen LogP contribution in [-0.4, -0.2) is 145 Å². The number of aliphatic hydroxyl groups excluding tert-OH is 2. The van der Waals surface area contributed by atoms with Crippen molar-refractivity contribution in [3.8, 4) is 0 Å². The maximum absolute atomic E-state index is 13.7. The van der Waals surface area contributed by atoms with Crippen molar-refractivity contribution >= 4 is 11.9 Å². The lowest BCUT2D eigenvalue weighted by Gasteiger charge is -2.72. The summed E-state index contributed by atoms with van der Waals surface area (Å²) in [6.45, 7) is 1.68. The third kappa shape index (κ3) is 3.41. The SMILES string of the molecule is COC[C@]12CN(C)C3C4[C@H](OC)[C@H]1[C@@]3([C@@H](OC)C[C@H]2O)[C@]1(O)C[C@@]2(O)[C@H](OC(=O)c3ccccc3)[C@@H]1[C@]4(OC(C)=O)[C@@H](O)[C@@H]2OC. The fourth-order valence-corrected chi connectivity index (χ4v) is 12.2. The Kier molecular flexibility index (Phi) is 7.31. The first-order valence-electron chi connectivity index (χ1n) is 15.9. The third-order valence-electron chi connectivity index (χ3n) is 12.9. The van der Waals surface area contributed by atoms with Gasteiger partial charge in [-0.3, -0.25) is 4.79 Å². The van der Waals surface area contributed by atoms with Gasteiger partial charge in [-0.25, -0.2) is 4.79 Å². The van der Waals surface area contributed by atoms with Crippen LogP contribution in [0.25, 0.3) is 0 Å². The number of likely N-dealkylation sites (tertiary alicyclic amines) is 1. The van der Waals surface area contributed by atoms with Crippen molar-refractivity contribution in [3.05, 3.63) is 35.9 Å². The molecule has 254 valence electrons. The standard InChI is InChI=1S/C33H45NO12/c1-16(35)46-33-20-21(43-5)22-29(15-41-3)14-34(2)24(20)32(22,19(42-4)12-18(29)36)31(40)13-30(39,27(44-6)25(33)37)26(23(31)33)45-28(38)17-10-8-7-9-11-17/h7-11,18-27,36-37,39-40H,12-15H2,1-6H3/t18-,19+,20?,21+,22-,23+,24?,25+,26-,27+,29+,30-,31+,32-,33+/m1/s1. The highest BCUT2D eigenvalue weighted by molar-refractivity contribution is 5.89. The minimum absolute atomic E-state index is 0.113. The van der Waals surface area contributed by atoms with Gasteiger partial charge >= 0.3 is 11.9 Å². The normalized spacial score (nSPS) is 51.5. The van der Waals surface area contributed by atoms with Crippen LogP contribution in [0.3, 0.4) is 0 Å². The summed E-state index contributed by atoms with van der Waals surface area (Å²) in [4.78, 5) is 28.9. The van der Waals surface area contributed by atoms with Crippen molar-refractivity contribution in [3.63, 3.8) is 0 Å². The minimum atomic E-state index is -2.12. The number of benzene rings is 1. The Morgan fingerprint density at radius 3 is 2.26 bits per heavy atom. The molecule has 13 nitrogen and oxygen atoms in total. The second kappa shape index (κ2) is 10.4. The Hall–Kier alpha value is -2.20. The van der Waals surface area contributed by atoms with E-state index in [1.807, 2.05) is 11.9 Å². The molecule has 1 aromatic rings. The van der Waals surface area contributed by atoms with Crippen LogP contribution in [0.15, 0.2) is 30.3 Å². The summed E-state index contributed by atoms with van der Waals surface area (Å²) in [5.41, 5.74) is -8.16. The average Bonchev–Trinajstić information content (AvgIpc) is 3.38. The predicted octanol–water partition coefficient (Wildman–Crippen LogP) is -0.627. The lowest BCUT2D eigenvalue weighted by molar-refractivity contribution is -0.353. The van der Waals surface area contributed by atoms with E-state index in [0.29, 0.717) is 6.54 Å². The molecule has 6 fully saturated rings. The molecule has 5 saturated carbocycles. The summed E-state index contributed by atoms with van der Waals surface area (Å²) >= 11 is 0. The molecule has 7 rings (SSSR count). The largest absolute Gasteiger partial charge is 0.455 e. The van der Waals surface area contributed by atoms with Crippen molar-refractivity contribution < 1.29 is 58.4 Å². The Labute approximate surface area is 267 Å². The number of carbonyl (C=O) groups is 2. The van der Waals surface area contributed by atoms with Crippen LogP contribution in [0, 0.1) is 28.6 Å². The van der Waals surface area contributed by atoms with Gasteiger partial charge < -0.3 is 53.7 Å². The highest BCUT2D eigenvalue weighted by atomic mass is 16.6. The predicted molar refractivity (Wildman–Crippen MR) is 157 cm³/mol. The van der Waals surface area contributed by atoms with Crippen LogP contribution in [0.5, 0.6) is 0 Å². The lowest BCUT2D eigenvalue weighted by Crippen LogP contribution is -2.85. The average molecular weight is 648 g/mol. The molecule has 15 atom stereocenters. The van der Waals surface area contributed by atoms with Gasteiger partial charge in [-0.2, -0.15) is 0 Å². The summed E-state index contributed by atoms with van der Waals surface area (Å²) in [5.74, 6) is -4.35. The van der Waals surface area contributed by atoms with Crippen LogP contribution in [0.4, 0.5) is 0 Å². The summed E-state index contributed by atoms with van der Waals surface area (Å²) < 4.78 is 36.7. The van der Waals surface area contributed by atoms with E-state index in [0.717, 1.165) is 0 Å². The number of methoxy groups -OCH3 is 4. The lowest BCUT2D eigenvalue weighted by atomic mass is 9.40. The quantitative estimate of drug-likeness (QED) is 0.263. The minimum Gasteiger partial charge on any atom is -0.455 e. The molecule has 1 spiro atoms. The maximum Gasteiger partial charge on any atom is 0.338 e. The molecule has 4 N–H and O–H groups in total. The topological polar surface area (TPSA) is 174 Å². The van der Waals surface area contributed by atoms with Gasteiger partial charge in [0.25, 0.3) is 0 Å². The van der Waals surface area contributed by atoms with E-state index < -0.39 is 106 Å². The Bertz CT molecular complexity index is 1400. The second-order valence-corrected chi connectivity index (χ2v) is 14.4. The van der Waals surface area contributed by atoms with Gasteiger partial charge in [0.1, 0.15) is 23.9 Å². The molecule has 0 amide bonds. The molecule has 1 saturated heterocycles. The molecule has 7 bridgehead atoms. The highest BCUT2D eigenvalue weighted by Gasteiger charge is 2.96. The molecule has 1 aromatic carbocycles. The zero-order valence-corrected chi connectivity index (χ0v) is 27.0. The van der Waals surface area contributed by atoms with Gasteiger partial charge in [0.05, 0.1) is 42.0 Å². The number of nitrogens with zero attached hydrogens (tertiary/aromatic N) is 1. The van der Waals surface area contributed by atoms with Gasteiger partial charge in [-0.05, 0) is 19.2 Å². The number of hydrogen-bond donors (Lipinski definition) is 4. The highest BCUT2D eigenvalue weighted by Crippen LogP contribution is 2.81. The molecule has 2 unspecified atom stereocenters. The molecular weight excluding hydrogens is 602 g/mol. The maximum atomic E-state index is 13.7. The number of hydrogen-bond acceptors (Lipinski definition) is 13. The summed E-state index contributed by atoms with van der Waals surface area (Å²) in [7, 11) is 7.77. The summed E-state index contributed by atoms with van der Waals surface area (Å²) in [6.07, 6.45) is -7.39. The number of ether oxygens (including phenoxy) is 6. The molecule has 1 heterocycles. The summed E-state index contributed by atoms with van der Waals surface area (Å²) in [6, 6.07) is 7.61.